The van der Waals surface area contributed by atoms with E-state index >= 15 is 0 Å². The zero-order valence-corrected chi connectivity index (χ0v) is 11.1. The van der Waals surface area contributed by atoms with Crippen molar-refractivity contribution in [3.63, 3.8) is 0 Å². The van der Waals surface area contributed by atoms with Crippen molar-refractivity contribution in [1.82, 2.24) is 4.90 Å². The van der Waals surface area contributed by atoms with E-state index in [2.05, 4.69) is 0 Å². The van der Waals surface area contributed by atoms with Crippen molar-refractivity contribution in [1.29, 1.82) is 0 Å². The van der Waals surface area contributed by atoms with E-state index in [4.69, 9.17) is 10.5 Å². The van der Waals surface area contributed by atoms with Crippen molar-refractivity contribution in [3.05, 3.63) is 0 Å². The third-order valence-corrected chi connectivity index (χ3v) is 2.77. The van der Waals surface area contributed by atoms with Gasteiger partial charge < -0.3 is 15.4 Å². The molecular formula is C11H23ClN2O2. The van der Waals surface area contributed by atoms with Crippen molar-refractivity contribution in [3.8, 4) is 0 Å². The van der Waals surface area contributed by atoms with E-state index in [-0.39, 0.29) is 36.4 Å². The average molecular weight is 251 g/mol. The number of amides is 1. The van der Waals surface area contributed by atoms with Crippen LogP contribution in [0.15, 0.2) is 0 Å². The number of carbonyl (C=O) groups is 1. The largest absolute Gasteiger partial charge is 0.377 e. The third-order valence-electron chi connectivity index (χ3n) is 2.77. The fourth-order valence-electron chi connectivity index (χ4n) is 1.98. The molecule has 0 aliphatic carbocycles. The molecule has 1 fully saturated rings. The van der Waals surface area contributed by atoms with Crippen molar-refractivity contribution >= 4 is 18.3 Å². The molecule has 96 valence electrons. The summed E-state index contributed by atoms with van der Waals surface area (Å²) in [6.45, 7) is 7.28. The van der Waals surface area contributed by atoms with Crippen molar-refractivity contribution < 1.29 is 9.53 Å². The van der Waals surface area contributed by atoms with Crippen LogP contribution in [-0.2, 0) is 9.53 Å². The van der Waals surface area contributed by atoms with Gasteiger partial charge in [0.05, 0.1) is 25.3 Å². The van der Waals surface area contributed by atoms with Crippen LogP contribution in [0.5, 0.6) is 0 Å². The van der Waals surface area contributed by atoms with E-state index < -0.39 is 0 Å². The normalized spacial score (nSPS) is 27.1. The first-order valence-corrected chi connectivity index (χ1v) is 5.67. The van der Waals surface area contributed by atoms with Gasteiger partial charge in [0.1, 0.15) is 0 Å². The fourth-order valence-corrected chi connectivity index (χ4v) is 1.98. The molecule has 4 nitrogen and oxygen atoms in total. The molecule has 0 aromatic carbocycles. The highest BCUT2D eigenvalue weighted by molar-refractivity contribution is 5.85. The highest BCUT2D eigenvalue weighted by atomic mass is 35.5. The molecule has 1 aliphatic rings. The number of morpholine rings is 1. The lowest BCUT2D eigenvalue weighted by Gasteiger charge is -2.39. The zero-order chi connectivity index (χ0) is 11.4. The van der Waals surface area contributed by atoms with Crippen LogP contribution in [0, 0.1) is 0 Å². The number of rotatable bonds is 3. The first-order chi connectivity index (χ1) is 7.02. The Balaban J connectivity index is 0.00000225. The Hall–Kier alpha value is -0.320. The molecule has 2 N–H and O–H groups in total. The van der Waals surface area contributed by atoms with Gasteiger partial charge in [-0.2, -0.15) is 0 Å². The summed E-state index contributed by atoms with van der Waals surface area (Å²) in [5, 5.41) is 0. The molecule has 1 saturated heterocycles. The van der Waals surface area contributed by atoms with Gasteiger partial charge in [-0.15, -0.1) is 12.4 Å². The van der Waals surface area contributed by atoms with Gasteiger partial charge in [0, 0.05) is 12.5 Å². The lowest BCUT2D eigenvalue weighted by Crippen LogP contribution is -2.52. The molecule has 0 aromatic heterocycles. The predicted molar refractivity (Wildman–Crippen MR) is 66.7 cm³/mol. The predicted octanol–water partition coefficient (Wildman–Crippen LogP) is 1.17. The number of carbonyl (C=O) groups excluding carboxylic acids is 1. The van der Waals surface area contributed by atoms with Crippen LogP contribution in [0.3, 0.4) is 0 Å². The van der Waals surface area contributed by atoms with Gasteiger partial charge in [-0.05, 0) is 27.2 Å². The van der Waals surface area contributed by atoms with E-state index in [1.54, 1.807) is 0 Å². The number of nitrogens with zero attached hydrogens (tertiary/aromatic N) is 1. The van der Waals surface area contributed by atoms with E-state index in [0.29, 0.717) is 19.6 Å². The fraction of sp³-hybridized carbons (Fsp3) is 0.909. The van der Waals surface area contributed by atoms with Crippen LogP contribution in [0.1, 0.15) is 33.6 Å². The molecule has 1 heterocycles. The minimum Gasteiger partial charge on any atom is -0.377 e. The minimum atomic E-state index is 0. The van der Waals surface area contributed by atoms with Gasteiger partial charge in [-0.1, -0.05) is 0 Å². The van der Waals surface area contributed by atoms with Crippen molar-refractivity contribution in [2.24, 2.45) is 5.73 Å². The summed E-state index contributed by atoms with van der Waals surface area (Å²) in [6.07, 6.45) is 1.31. The summed E-state index contributed by atoms with van der Waals surface area (Å²) in [6, 6.07) is 0.476. The molecule has 16 heavy (non-hydrogen) atoms. The van der Waals surface area contributed by atoms with Crippen LogP contribution in [0.2, 0.25) is 0 Å². The molecular weight excluding hydrogens is 228 g/mol. The van der Waals surface area contributed by atoms with Gasteiger partial charge in [0.2, 0.25) is 5.91 Å². The molecule has 5 heteroatoms. The molecule has 0 spiro atoms. The van der Waals surface area contributed by atoms with Gasteiger partial charge in [0.15, 0.2) is 0 Å². The molecule has 0 saturated carbocycles. The molecule has 3 atom stereocenters. The Kier molecular flexibility index (Phi) is 6.95. The third kappa shape index (κ3) is 4.28. The Morgan fingerprint density at radius 1 is 1.44 bits per heavy atom. The van der Waals surface area contributed by atoms with Crippen molar-refractivity contribution in [2.75, 3.05) is 13.2 Å². The summed E-state index contributed by atoms with van der Waals surface area (Å²) in [5.74, 6) is 0.204. The maximum atomic E-state index is 11.9. The Bertz CT molecular complexity index is 214. The standard InChI is InChI=1S/C11H22N2O2.ClH/c1-8(12)4-5-11(14)13-9(2)6-15-7-10(13)3;/h8-10H,4-7,12H2,1-3H3;1H. The van der Waals surface area contributed by atoms with E-state index in [1.165, 1.54) is 0 Å². The SMILES string of the molecule is CC(N)CCC(=O)N1C(C)COCC1C.Cl. The summed E-state index contributed by atoms with van der Waals surface area (Å²) in [4.78, 5) is 13.9. The monoisotopic (exact) mass is 250 g/mol. The van der Waals surface area contributed by atoms with E-state index in [9.17, 15) is 4.79 Å². The van der Waals surface area contributed by atoms with Crippen LogP contribution in [0.25, 0.3) is 0 Å². The van der Waals surface area contributed by atoms with Crippen LogP contribution < -0.4 is 5.73 Å². The number of nitrogens with two attached hydrogens (primary N) is 1. The topological polar surface area (TPSA) is 55.6 Å². The lowest BCUT2D eigenvalue weighted by molar-refractivity contribution is -0.144. The van der Waals surface area contributed by atoms with Gasteiger partial charge >= 0.3 is 0 Å². The molecule has 1 rings (SSSR count). The minimum absolute atomic E-state index is 0. The number of halogens is 1. The van der Waals surface area contributed by atoms with Crippen molar-refractivity contribution in [2.45, 2.75) is 51.7 Å². The lowest BCUT2D eigenvalue weighted by atomic mass is 10.1. The molecule has 0 aromatic rings. The Labute approximate surface area is 104 Å². The van der Waals surface area contributed by atoms with Crippen LogP contribution in [0.4, 0.5) is 0 Å². The summed E-state index contributed by atoms with van der Waals surface area (Å²) < 4.78 is 5.38. The van der Waals surface area contributed by atoms with Gasteiger partial charge in [-0.3, -0.25) is 4.79 Å². The van der Waals surface area contributed by atoms with Gasteiger partial charge in [0.25, 0.3) is 0 Å². The highest BCUT2D eigenvalue weighted by Crippen LogP contribution is 2.15. The van der Waals surface area contributed by atoms with Crippen LogP contribution in [-0.4, -0.2) is 42.1 Å². The number of hydrogen-bond acceptors (Lipinski definition) is 3. The maximum Gasteiger partial charge on any atom is 0.223 e. The summed E-state index contributed by atoms with van der Waals surface area (Å²) in [7, 11) is 0. The van der Waals surface area contributed by atoms with E-state index in [1.807, 2.05) is 25.7 Å². The highest BCUT2D eigenvalue weighted by Gasteiger charge is 2.28. The quantitative estimate of drug-likeness (QED) is 0.818. The number of ether oxygens (including phenoxy) is 1. The second-order valence-electron chi connectivity index (χ2n) is 4.55. The molecule has 0 bridgehead atoms. The first-order valence-electron chi connectivity index (χ1n) is 5.67. The molecule has 0 radical (unpaired) electrons. The molecule has 1 aliphatic heterocycles. The summed E-state index contributed by atoms with van der Waals surface area (Å²) in [5.41, 5.74) is 5.64. The van der Waals surface area contributed by atoms with Gasteiger partial charge in [-0.25, -0.2) is 0 Å². The van der Waals surface area contributed by atoms with E-state index in [0.717, 1.165) is 6.42 Å². The maximum absolute atomic E-state index is 11.9. The second kappa shape index (κ2) is 7.09. The molecule has 1 amide bonds. The summed E-state index contributed by atoms with van der Waals surface area (Å²) >= 11 is 0. The second-order valence-corrected chi connectivity index (χ2v) is 4.55. The first kappa shape index (κ1) is 15.7. The average Bonchev–Trinajstić information content (AvgIpc) is 2.14. The Morgan fingerprint density at radius 2 is 1.94 bits per heavy atom. The Morgan fingerprint density at radius 3 is 2.38 bits per heavy atom. The van der Waals surface area contributed by atoms with Crippen LogP contribution >= 0.6 is 12.4 Å². The number of hydrogen-bond donors (Lipinski definition) is 1. The molecule has 3 unspecified atom stereocenters. The smallest absolute Gasteiger partial charge is 0.223 e. The zero-order valence-electron chi connectivity index (χ0n) is 10.3.